The van der Waals surface area contributed by atoms with E-state index in [9.17, 15) is 17.6 Å². The minimum Gasteiger partial charge on any atom is -0.402 e. The lowest BCUT2D eigenvalue weighted by atomic mass is 10.0. The largest absolute Gasteiger partial charge is 0.634 e. The molecule has 0 saturated carbocycles. The first-order valence-electron chi connectivity index (χ1n) is 5.90. The molecule has 1 aliphatic carbocycles. The van der Waals surface area contributed by atoms with Crippen LogP contribution < -0.4 is 0 Å². The Bertz CT molecular complexity index is 736. The summed E-state index contributed by atoms with van der Waals surface area (Å²) in [6, 6.07) is 5.81. The normalized spacial score (nSPS) is 15.8. The zero-order chi connectivity index (χ0) is 15.3. The van der Waals surface area contributed by atoms with Gasteiger partial charge in [-0.2, -0.15) is 0 Å². The summed E-state index contributed by atoms with van der Waals surface area (Å²) < 4.78 is 59.5. The van der Waals surface area contributed by atoms with Gasteiger partial charge in [0, 0.05) is 11.1 Å². The van der Waals surface area contributed by atoms with Crippen LogP contribution in [0, 0.1) is 23.3 Å². The third-order valence-electron chi connectivity index (χ3n) is 3.34. The van der Waals surface area contributed by atoms with Crippen LogP contribution in [0.25, 0.3) is 11.1 Å². The lowest BCUT2D eigenvalue weighted by Crippen LogP contribution is -2.21. The average molecular weight is 298 g/mol. The van der Waals surface area contributed by atoms with E-state index in [2.05, 4.69) is 0 Å². The summed E-state index contributed by atoms with van der Waals surface area (Å²) in [6.45, 7) is 0. The fraction of sp³-hybridized carbons (Fsp3) is 0.0769. The summed E-state index contributed by atoms with van der Waals surface area (Å²) in [5, 5.41) is 17.8. The van der Waals surface area contributed by atoms with Crippen LogP contribution in [0.1, 0.15) is 17.2 Å². The van der Waals surface area contributed by atoms with Crippen molar-refractivity contribution in [1.29, 1.82) is 0 Å². The van der Waals surface area contributed by atoms with Gasteiger partial charge in [-0.05, 0) is 11.1 Å². The van der Waals surface area contributed by atoms with E-state index in [4.69, 9.17) is 14.7 Å². The zero-order valence-electron chi connectivity index (χ0n) is 10.3. The van der Waals surface area contributed by atoms with Gasteiger partial charge in [-0.25, -0.2) is 17.6 Å². The van der Waals surface area contributed by atoms with Crippen LogP contribution in [0.2, 0.25) is 0 Å². The molecule has 0 spiro atoms. The molecule has 0 radical (unpaired) electrons. The molecule has 0 amide bonds. The van der Waals surface area contributed by atoms with E-state index in [0.29, 0.717) is 0 Å². The summed E-state index contributed by atoms with van der Waals surface area (Å²) in [5.74, 6) is -7.06. The fourth-order valence-electron chi connectivity index (χ4n) is 2.53. The monoisotopic (exact) mass is 298 g/mol. The second kappa shape index (κ2) is 4.83. The topological polar surface area (TPSA) is 49.7 Å². The van der Waals surface area contributed by atoms with Crippen LogP contribution in [0.5, 0.6) is 0 Å². The minimum absolute atomic E-state index is 0.105. The third kappa shape index (κ3) is 1.95. The quantitative estimate of drug-likeness (QED) is 0.387. The molecule has 0 aromatic heterocycles. The molecule has 1 aliphatic rings. The van der Waals surface area contributed by atoms with Crippen molar-refractivity contribution in [3.63, 3.8) is 0 Å². The summed E-state index contributed by atoms with van der Waals surface area (Å²) >= 11 is 0. The highest BCUT2D eigenvalue weighted by molar-refractivity contribution is 6.32. The first-order chi connectivity index (χ1) is 9.93. The molecule has 2 N–H and O–H groups in total. The van der Waals surface area contributed by atoms with Crippen LogP contribution in [0.3, 0.4) is 0 Å². The summed E-state index contributed by atoms with van der Waals surface area (Å²) in [5.41, 5.74) is -0.787. The number of rotatable bonds is 2. The number of halogens is 4. The van der Waals surface area contributed by atoms with E-state index < -0.39 is 47.8 Å². The predicted octanol–water partition coefficient (Wildman–Crippen LogP) is 2.30. The van der Waals surface area contributed by atoms with Gasteiger partial charge in [0.1, 0.15) is 6.10 Å². The van der Waals surface area contributed by atoms with Gasteiger partial charge in [-0.1, -0.05) is 24.3 Å². The highest BCUT2D eigenvalue weighted by Gasteiger charge is 2.39. The second-order valence-electron chi connectivity index (χ2n) is 4.47. The standard InChI is InChI=1S/C13H7BF4O3/c15-9-7-5-3-1-2-4-6(5)13(21-14(19)20)8(7)10(16)12(18)11(9)17/h1-4,13,19-20H. The van der Waals surface area contributed by atoms with Crippen molar-refractivity contribution in [2.24, 2.45) is 0 Å². The SMILES string of the molecule is OB(O)OC1c2ccccc2-c2c(F)c(F)c(F)c(F)c21. The maximum atomic E-state index is 14.0. The first kappa shape index (κ1) is 14.1. The van der Waals surface area contributed by atoms with E-state index in [1.54, 1.807) is 0 Å². The Morgan fingerprint density at radius 3 is 2.19 bits per heavy atom. The molecule has 1 unspecified atom stereocenters. The molecule has 21 heavy (non-hydrogen) atoms. The van der Waals surface area contributed by atoms with Crippen molar-refractivity contribution in [3.05, 3.63) is 58.7 Å². The summed E-state index contributed by atoms with van der Waals surface area (Å²) in [6.07, 6.45) is -1.44. The van der Waals surface area contributed by atoms with Crippen molar-refractivity contribution in [3.8, 4) is 11.1 Å². The second-order valence-corrected chi connectivity index (χ2v) is 4.47. The van der Waals surface area contributed by atoms with Crippen LogP contribution in [0.4, 0.5) is 17.6 Å². The molecule has 1 atom stereocenters. The zero-order valence-corrected chi connectivity index (χ0v) is 10.3. The van der Waals surface area contributed by atoms with Crippen molar-refractivity contribution in [2.75, 3.05) is 0 Å². The molecule has 2 aromatic rings. The molecular weight excluding hydrogens is 291 g/mol. The lowest BCUT2D eigenvalue weighted by Gasteiger charge is -2.15. The van der Waals surface area contributed by atoms with Gasteiger partial charge in [0.15, 0.2) is 23.3 Å². The van der Waals surface area contributed by atoms with Gasteiger partial charge in [-0.15, -0.1) is 0 Å². The Balaban J connectivity index is 2.35. The molecule has 3 rings (SSSR count). The Kier molecular flexibility index (Phi) is 3.24. The fourth-order valence-corrected chi connectivity index (χ4v) is 2.53. The lowest BCUT2D eigenvalue weighted by molar-refractivity contribution is 0.143. The van der Waals surface area contributed by atoms with Crippen molar-refractivity contribution < 1.29 is 32.3 Å². The van der Waals surface area contributed by atoms with Gasteiger partial charge >= 0.3 is 7.32 Å². The van der Waals surface area contributed by atoms with Crippen LogP contribution >= 0.6 is 0 Å². The summed E-state index contributed by atoms with van der Waals surface area (Å²) in [4.78, 5) is 0. The maximum Gasteiger partial charge on any atom is 0.634 e. The summed E-state index contributed by atoms with van der Waals surface area (Å²) in [7, 11) is -2.29. The molecular formula is C13H7BF4O3. The van der Waals surface area contributed by atoms with Crippen LogP contribution in [-0.4, -0.2) is 17.4 Å². The van der Waals surface area contributed by atoms with Gasteiger partial charge < -0.3 is 14.7 Å². The molecule has 0 aliphatic heterocycles. The number of hydrogen-bond donors (Lipinski definition) is 2. The molecule has 0 bridgehead atoms. The van der Waals surface area contributed by atoms with E-state index in [1.165, 1.54) is 24.3 Å². The van der Waals surface area contributed by atoms with E-state index in [0.717, 1.165) is 0 Å². The Morgan fingerprint density at radius 2 is 1.52 bits per heavy atom. The molecule has 108 valence electrons. The molecule has 8 heteroatoms. The van der Waals surface area contributed by atoms with Gasteiger partial charge in [0.25, 0.3) is 0 Å². The van der Waals surface area contributed by atoms with Crippen LogP contribution in [-0.2, 0) is 4.65 Å². The van der Waals surface area contributed by atoms with E-state index >= 15 is 0 Å². The van der Waals surface area contributed by atoms with Gasteiger partial charge in [0.05, 0.1) is 0 Å². The van der Waals surface area contributed by atoms with Crippen LogP contribution in [0.15, 0.2) is 24.3 Å². The molecule has 2 aromatic carbocycles. The van der Waals surface area contributed by atoms with Crippen molar-refractivity contribution in [2.45, 2.75) is 6.10 Å². The number of benzene rings is 2. The van der Waals surface area contributed by atoms with Gasteiger partial charge in [0.2, 0.25) is 0 Å². The Morgan fingerprint density at radius 1 is 0.905 bits per heavy atom. The van der Waals surface area contributed by atoms with Gasteiger partial charge in [-0.3, -0.25) is 0 Å². The first-order valence-corrected chi connectivity index (χ1v) is 5.90. The Hall–Kier alpha value is -1.90. The predicted molar refractivity (Wildman–Crippen MR) is 64.8 cm³/mol. The third-order valence-corrected chi connectivity index (χ3v) is 3.34. The number of hydrogen-bond acceptors (Lipinski definition) is 3. The molecule has 0 heterocycles. The smallest absolute Gasteiger partial charge is 0.402 e. The highest BCUT2D eigenvalue weighted by atomic mass is 19.2. The minimum atomic E-state index is -2.29. The molecule has 3 nitrogen and oxygen atoms in total. The van der Waals surface area contributed by atoms with E-state index in [-0.39, 0.29) is 11.1 Å². The highest BCUT2D eigenvalue weighted by Crippen LogP contribution is 2.48. The maximum absolute atomic E-state index is 14.0. The molecule has 0 saturated heterocycles. The van der Waals surface area contributed by atoms with E-state index in [1.807, 2.05) is 0 Å². The molecule has 0 fully saturated rings. The Labute approximate surface area is 116 Å². The number of fused-ring (bicyclic) bond motifs is 3. The average Bonchev–Trinajstić information content (AvgIpc) is 2.77. The van der Waals surface area contributed by atoms with Crippen molar-refractivity contribution in [1.82, 2.24) is 0 Å². The van der Waals surface area contributed by atoms with Crippen molar-refractivity contribution >= 4 is 7.32 Å².